The SMILES string of the molecule is CC(C)(C)c1ccc(S(=O)(=O)N2CCC2C(=O)O)cc1.CC(C)(C)c1ccc(S(=O)(=O)N2CCC2C(=O)O)cc1.CC(C)(C)c1ccc(S(=O)(=O)N2CCC2C(=O)O)cc1.CC(C)(C)c1ccc(S(=O)(=O)N2CCC2C(=O)O)cc1.[Rh].[Rh]. The predicted molar refractivity (Wildman–Crippen MR) is 300 cm³/mol. The van der Waals surface area contributed by atoms with Gasteiger partial charge in [-0.25, -0.2) is 33.7 Å². The first-order chi connectivity index (χ1) is 36.5. The standard InChI is InChI=1S/4C14H19NO4S.2Rh/c4*1-14(2,3)10-4-6-11(7-5-10)20(18,19)15-9-8-12(15)13(16)17;;/h4*4-7,12H,8-9H2,1-3H3,(H,16,17);;. The topological polar surface area (TPSA) is 299 Å². The zero-order valence-electron chi connectivity index (χ0n) is 48.0. The van der Waals surface area contributed by atoms with Gasteiger partial charge in [-0.3, -0.25) is 19.2 Å². The van der Waals surface area contributed by atoms with Crippen LogP contribution >= 0.6 is 0 Å². The molecule has 0 aliphatic carbocycles. The molecular weight excluding hydrogens is 1320 g/mol. The van der Waals surface area contributed by atoms with Gasteiger partial charge in [0.2, 0.25) is 40.1 Å². The first-order valence-electron chi connectivity index (χ1n) is 26.0. The van der Waals surface area contributed by atoms with Gasteiger partial charge < -0.3 is 20.4 Å². The number of nitrogens with zero attached hydrogens (tertiary/aromatic N) is 4. The molecule has 4 aromatic rings. The molecule has 4 fully saturated rings. The summed E-state index contributed by atoms with van der Waals surface area (Å²) >= 11 is 0. The number of rotatable bonds is 12. The number of benzene rings is 4. The Bertz CT molecular complexity index is 2920. The number of hydrogen-bond acceptors (Lipinski definition) is 12. The largest absolute Gasteiger partial charge is 0.480 e. The van der Waals surface area contributed by atoms with E-state index in [9.17, 15) is 52.8 Å². The van der Waals surface area contributed by atoms with E-state index in [1.54, 1.807) is 97.1 Å². The van der Waals surface area contributed by atoms with E-state index in [1.807, 2.05) is 83.1 Å². The summed E-state index contributed by atoms with van der Waals surface area (Å²) in [5, 5.41) is 35.8. The number of hydrogen-bond donors (Lipinski definition) is 4. The second-order valence-corrected chi connectivity index (χ2v) is 31.7. The summed E-state index contributed by atoms with van der Waals surface area (Å²) in [5.41, 5.74) is 3.94. The molecule has 0 spiro atoms. The minimum absolute atomic E-state index is 0. The molecular formula is C56H76N4O16Rh2S4. The van der Waals surface area contributed by atoms with Gasteiger partial charge in [-0.05, 0) is 118 Å². The first-order valence-corrected chi connectivity index (χ1v) is 31.7. The fourth-order valence-electron chi connectivity index (χ4n) is 8.64. The maximum Gasteiger partial charge on any atom is 0.322 e. The smallest absolute Gasteiger partial charge is 0.322 e. The Balaban J connectivity index is 0.000000285. The van der Waals surface area contributed by atoms with Gasteiger partial charge in [-0.1, -0.05) is 132 Å². The Hall–Kier alpha value is -4.35. The monoisotopic (exact) mass is 1390 g/mol. The first kappa shape index (κ1) is 71.9. The average Bonchev–Trinajstić information content (AvgIpc) is 3.26. The number of sulfonamides is 4. The van der Waals surface area contributed by atoms with E-state index in [2.05, 4.69) is 0 Å². The van der Waals surface area contributed by atoms with Crippen molar-refractivity contribution in [3.63, 3.8) is 0 Å². The maximum atomic E-state index is 12.4. The van der Waals surface area contributed by atoms with Crippen LogP contribution < -0.4 is 0 Å². The van der Waals surface area contributed by atoms with Crippen LogP contribution in [-0.4, -0.2) is 146 Å². The number of carboxylic acids is 4. The third-order valence-corrected chi connectivity index (χ3v) is 22.0. The van der Waals surface area contributed by atoms with Crippen molar-refractivity contribution >= 4 is 64.0 Å². The quantitative estimate of drug-likeness (QED) is 0.101. The number of aliphatic carboxylic acids is 4. The van der Waals surface area contributed by atoms with Crippen molar-refractivity contribution < 1.29 is 112 Å². The maximum absolute atomic E-state index is 12.4. The molecule has 82 heavy (non-hydrogen) atoms. The minimum atomic E-state index is -3.71. The van der Waals surface area contributed by atoms with Crippen LogP contribution in [0.3, 0.4) is 0 Å². The van der Waals surface area contributed by atoms with Gasteiger partial charge in [0.1, 0.15) is 24.2 Å². The Morgan fingerprint density at radius 3 is 0.537 bits per heavy atom. The molecule has 20 nitrogen and oxygen atoms in total. The van der Waals surface area contributed by atoms with Gasteiger partial charge in [0.25, 0.3) is 0 Å². The zero-order chi connectivity index (χ0) is 60.5. The molecule has 8 rings (SSSR count). The molecule has 4 aromatic carbocycles. The molecule has 0 amide bonds. The molecule has 4 N–H and O–H groups in total. The third kappa shape index (κ3) is 16.5. The molecule has 0 bridgehead atoms. The van der Waals surface area contributed by atoms with E-state index in [1.165, 1.54) is 0 Å². The van der Waals surface area contributed by atoms with Gasteiger partial charge in [0.15, 0.2) is 0 Å². The normalized spacial score (nSPS) is 20.0. The molecule has 0 aromatic heterocycles. The van der Waals surface area contributed by atoms with Crippen molar-refractivity contribution in [2.75, 3.05) is 26.2 Å². The van der Waals surface area contributed by atoms with Gasteiger partial charge in [-0.15, -0.1) is 0 Å². The summed E-state index contributed by atoms with van der Waals surface area (Å²) in [4.78, 5) is 44.4. The van der Waals surface area contributed by atoms with E-state index in [0.29, 0.717) is 25.7 Å². The van der Waals surface area contributed by atoms with Gasteiger partial charge in [0.05, 0.1) is 19.6 Å². The summed E-state index contributed by atoms with van der Waals surface area (Å²) < 4.78 is 103. The molecule has 4 heterocycles. The summed E-state index contributed by atoms with van der Waals surface area (Å²) in [5.74, 6) is -4.37. The van der Waals surface area contributed by atoms with Crippen molar-refractivity contribution in [3.05, 3.63) is 119 Å². The van der Waals surface area contributed by atoms with E-state index >= 15 is 0 Å². The molecule has 4 aliphatic heterocycles. The Kier molecular flexibility index (Phi) is 23.6. The predicted octanol–water partition coefficient (Wildman–Crippen LogP) is 7.32. The third-order valence-electron chi connectivity index (χ3n) is 14.3. The van der Waals surface area contributed by atoms with Crippen LogP contribution in [0.25, 0.3) is 0 Å². The van der Waals surface area contributed by atoms with Crippen LogP contribution in [-0.2, 0) is 120 Å². The summed E-state index contributed by atoms with van der Waals surface area (Å²) in [6, 6.07) is 22.9. The van der Waals surface area contributed by atoms with Gasteiger partial charge in [-0.2, -0.15) is 17.2 Å². The summed E-state index contributed by atoms with van der Waals surface area (Å²) in [6.45, 7) is 25.6. The van der Waals surface area contributed by atoms with Crippen LogP contribution in [0.15, 0.2) is 117 Å². The molecule has 4 atom stereocenters. The van der Waals surface area contributed by atoms with Crippen molar-refractivity contribution in [2.24, 2.45) is 0 Å². The second kappa shape index (κ2) is 26.9. The van der Waals surface area contributed by atoms with E-state index in [0.717, 1.165) is 39.5 Å². The van der Waals surface area contributed by atoms with Crippen molar-refractivity contribution in [2.45, 2.75) is 174 Å². The molecule has 4 unspecified atom stereocenters. The van der Waals surface area contributed by atoms with Gasteiger partial charge >= 0.3 is 23.9 Å². The molecule has 2 radical (unpaired) electrons. The van der Waals surface area contributed by atoms with Crippen LogP contribution in [0.5, 0.6) is 0 Å². The molecule has 0 saturated carbocycles. The number of carboxylic acid groups (broad SMARTS) is 4. The van der Waals surface area contributed by atoms with E-state index in [-0.39, 0.29) is 106 Å². The summed E-state index contributed by atoms with van der Waals surface area (Å²) in [7, 11) is -14.8. The van der Waals surface area contributed by atoms with Gasteiger partial charge in [0, 0.05) is 65.1 Å². The van der Waals surface area contributed by atoms with Crippen LogP contribution in [0.1, 0.15) is 131 Å². The van der Waals surface area contributed by atoms with Crippen LogP contribution in [0.4, 0.5) is 0 Å². The molecule has 4 saturated heterocycles. The second-order valence-electron chi connectivity index (χ2n) is 24.1. The Labute approximate surface area is 509 Å². The minimum Gasteiger partial charge on any atom is -0.480 e. The van der Waals surface area contributed by atoms with Crippen LogP contribution in [0.2, 0.25) is 0 Å². The molecule has 4 aliphatic rings. The Morgan fingerprint density at radius 1 is 0.317 bits per heavy atom. The fraction of sp³-hybridized carbons (Fsp3) is 0.500. The van der Waals surface area contributed by atoms with E-state index in [4.69, 9.17) is 20.4 Å². The summed E-state index contributed by atoms with van der Waals surface area (Å²) in [6.07, 6.45) is 1.48. The fourth-order valence-corrected chi connectivity index (χ4v) is 15.1. The van der Waals surface area contributed by atoms with Crippen molar-refractivity contribution in [3.8, 4) is 0 Å². The van der Waals surface area contributed by atoms with Crippen molar-refractivity contribution in [1.29, 1.82) is 0 Å². The Morgan fingerprint density at radius 2 is 0.451 bits per heavy atom. The van der Waals surface area contributed by atoms with Crippen LogP contribution in [0, 0.1) is 0 Å². The van der Waals surface area contributed by atoms with Crippen molar-refractivity contribution in [1.82, 2.24) is 17.2 Å². The van der Waals surface area contributed by atoms with E-state index < -0.39 is 88.1 Å². The number of carbonyl (C=O) groups is 4. The average molecular weight is 1400 g/mol. The molecule has 26 heteroatoms. The molecule has 458 valence electrons. The zero-order valence-corrected chi connectivity index (χ0v) is 54.5.